The SMILES string of the molecule is CC(C)(C)OC(=O)N1CCC(C(N)C(=O)N2CCCC2)CC1. The van der Waals surface area contributed by atoms with Gasteiger partial charge in [0, 0.05) is 26.2 Å². The molecule has 0 radical (unpaired) electrons. The molecule has 2 fully saturated rings. The highest BCUT2D eigenvalue weighted by molar-refractivity contribution is 5.82. The standard InChI is InChI=1S/C16H29N3O3/c1-16(2,3)22-15(21)19-10-6-12(7-11-19)13(17)14(20)18-8-4-5-9-18/h12-13H,4-11,17H2,1-3H3. The van der Waals surface area contributed by atoms with Crippen molar-refractivity contribution in [3.8, 4) is 0 Å². The topological polar surface area (TPSA) is 75.9 Å². The van der Waals surface area contributed by atoms with Crippen LogP contribution in [0.2, 0.25) is 0 Å². The third kappa shape index (κ3) is 4.35. The maximum Gasteiger partial charge on any atom is 0.410 e. The zero-order chi connectivity index (χ0) is 16.3. The van der Waals surface area contributed by atoms with Gasteiger partial charge in [-0.3, -0.25) is 4.79 Å². The van der Waals surface area contributed by atoms with Crippen molar-refractivity contribution in [2.24, 2.45) is 11.7 Å². The molecular formula is C16H29N3O3. The molecule has 2 aliphatic rings. The van der Waals surface area contributed by atoms with Crippen LogP contribution in [0.25, 0.3) is 0 Å². The Hall–Kier alpha value is -1.30. The molecule has 6 heteroatoms. The molecule has 0 spiro atoms. The van der Waals surface area contributed by atoms with Crippen LogP contribution in [0.3, 0.4) is 0 Å². The molecule has 22 heavy (non-hydrogen) atoms. The molecule has 2 N–H and O–H groups in total. The lowest BCUT2D eigenvalue weighted by Crippen LogP contribution is -2.51. The lowest BCUT2D eigenvalue weighted by molar-refractivity contribution is -0.133. The first-order valence-corrected chi connectivity index (χ1v) is 8.30. The fraction of sp³-hybridized carbons (Fsp3) is 0.875. The van der Waals surface area contributed by atoms with Gasteiger partial charge in [-0.05, 0) is 52.4 Å². The van der Waals surface area contributed by atoms with E-state index in [1.807, 2.05) is 25.7 Å². The lowest BCUT2D eigenvalue weighted by atomic mass is 9.89. The number of hydrogen-bond donors (Lipinski definition) is 1. The largest absolute Gasteiger partial charge is 0.444 e. The molecule has 0 aromatic rings. The minimum atomic E-state index is -0.476. The molecule has 0 aliphatic carbocycles. The Morgan fingerprint density at radius 1 is 1.05 bits per heavy atom. The molecule has 2 saturated heterocycles. The number of carbonyl (C=O) groups is 2. The summed E-state index contributed by atoms with van der Waals surface area (Å²) in [5.74, 6) is 0.236. The van der Waals surface area contributed by atoms with E-state index in [0.717, 1.165) is 38.8 Å². The zero-order valence-corrected chi connectivity index (χ0v) is 14.0. The number of nitrogens with two attached hydrogens (primary N) is 1. The highest BCUT2D eigenvalue weighted by Gasteiger charge is 2.34. The van der Waals surface area contributed by atoms with Crippen LogP contribution in [-0.4, -0.2) is 59.6 Å². The van der Waals surface area contributed by atoms with Crippen LogP contribution in [0.1, 0.15) is 46.5 Å². The first-order valence-electron chi connectivity index (χ1n) is 8.30. The van der Waals surface area contributed by atoms with Crippen molar-refractivity contribution in [3.63, 3.8) is 0 Å². The molecule has 0 bridgehead atoms. The van der Waals surface area contributed by atoms with E-state index in [4.69, 9.17) is 10.5 Å². The molecule has 126 valence electrons. The second kappa shape index (κ2) is 6.86. The number of hydrogen-bond acceptors (Lipinski definition) is 4. The maximum atomic E-state index is 12.3. The third-order valence-corrected chi connectivity index (χ3v) is 4.40. The van der Waals surface area contributed by atoms with Gasteiger partial charge in [-0.2, -0.15) is 0 Å². The predicted octanol–water partition coefficient (Wildman–Crippen LogP) is 1.58. The summed E-state index contributed by atoms with van der Waals surface area (Å²) < 4.78 is 5.38. The van der Waals surface area contributed by atoms with E-state index in [0.29, 0.717) is 13.1 Å². The van der Waals surface area contributed by atoms with Gasteiger partial charge in [0.1, 0.15) is 5.60 Å². The summed E-state index contributed by atoms with van der Waals surface area (Å²) in [5.41, 5.74) is 5.69. The fourth-order valence-electron chi connectivity index (χ4n) is 3.12. The number of nitrogens with zero attached hydrogens (tertiary/aromatic N) is 2. The average Bonchev–Trinajstić information content (AvgIpc) is 2.98. The van der Waals surface area contributed by atoms with Crippen LogP contribution in [-0.2, 0) is 9.53 Å². The molecule has 0 aromatic heterocycles. The highest BCUT2D eigenvalue weighted by atomic mass is 16.6. The molecular weight excluding hydrogens is 282 g/mol. The van der Waals surface area contributed by atoms with E-state index in [1.54, 1.807) is 4.90 Å². The van der Waals surface area contributed by atoms with E-state index in [1.165, 1.54) is 0 Å². The number of carbonyl (C=O) groups excluding carboxylic acids is 2. The van der Waals surface area contributed by atoms with Crippen molar-refractivity contribution in [3.05, 3.63) is 0 Å². The zero-order valence-electron chi connectivity index (χ0n) is 14.0. The molecule has 2 heterocycles. The van der Waals surface area contributed by atoms with Crippen LogP contribution in [0.4, 0.5) is 4.79 Å². The van der Waals surface area contributed by atoms with Crippen LogP contribution in [0.15, 0.2) is 0 Å². The van der Waals surface area contributed by atoms with Crippen LogP contribution >= 0.6 is 0 Å². The minimum Gasteiger partial charge on any atom is -0.444 e. The van der Waals surface area contributed by atoms with E-state index in [2.05, 4.69) is 0 Å². The van der Waals surface area contributed by atoms with Gasteiger partial charge in [0.15, 0.2) is 0 Å². The highest BCUT2D eigenvalue weighted by Crippen LogP contribution is 2.23. The van der Waals surface area contributed by atoms with Crippen molar-refractivity contribution in [1.82, 2.24) is 9.80 Å². The maximum absolute atomic E-state index is 12.3. The van der Waals surface area contributed by atoms with Crippen molar-refractivity contribution in [1.29, 1.82) is 0 Å². The molecule has 0 aromatic carbocycles. The summed E-state index contributed by atoms with van der Waals surface area (Å²) in [6.07, 6.45) is 3.41. The fourth-order valence-corrected chi connectivity index (χ4v) is 3.12. The Bertz CT molecular complexity index is 405. The molecule has 6 nitrogen and oxygen atoms in total. The van der Waals surface area contributed by atoms with Crippen molar-refractivity contribution >= 4 is 12.0 Å². The number of rotatable bonds is 2. The van der Waals surface area contributed by atoms with E-state index < -0.39 is 11.6 Å². The first-order chi connectivity index (χ1) is 10.3. The number of likely N-dealkylation sites (tertiary alicyclic amines) is 2. The van der Waals surface area contributed by atoms with Crippen molar-refractivity contribution in [2.45, 2.75) is 58.1 Å². The Kier molecular flexibility index (Phi) is 5.32. The number of amides is 2. The van der Waals surface area contributed by atoms with Gasteiger partial charge >= 0.3 is 6.09 Å². The van der Waals surface area contributed by atoms with Gasteiger partial charge in [-0.1, -0.05) is 0 Å². The molecule has 1 unspecified atom stereocenters. The second-order valence-electron chi connectivity index (χ2n) is 7.36. The summed E-state index contributed by atoms with van der Waals surface area (Å²) in [5, 5.41) is 0. The molecule has 1 atom stereocenters. The van der Waals surface area contributed by atoms with Crippen molar-refractivity contribution < 1.29 is 14.3 Å². The van der Waals surface area contributed by atoms with E-state index in [-0.39, 0.29) is 17.9 Å². The third-order valence-electron chi connectivity index (χ3n) is 4.40. The quantitative estimate of drug-likeness (QED) is 0.840. The lowest BCUT2D eigenvalue weighted by Gasteiger charge is -2.36. The van der Waals surface area contributed by atoms with Gasteiger partial charge in [0.25, 0.3) is 0 Å². The average molecular weight is 311 g/mol. The van der Waals surface area contributed by atoms with Gasteiger partial charge in [-0.15, -0.1) is 0 Å². The van der Waals surface area contributed by atoms with Crippen molar-refractivity contribution in [2.75, 3.05) is 26.2 Å². The molecule has 2 aliphatic heterocycles. The van der Waals surface area contributed by atoms with Gasteiger partial charge in [-0.25, -0.2) is 4.79 Å². The number of piperidine rings is 1. The van der Waals surface area contributed by atoms with Crippen LogP contribution in [0, 0.1) is 5.92 Å². The summed E-state index contributed by atoms with van der Waals surface area (Å²) in [4.78, 5) is 28.0. The number of ether oxygens (including phenoxy) is 1. The first kappa shape index (κ1) is 17.1. The van der Waals surface area contributed by atoms with Gasteiger partial charge in [0.2, 0.25) is 5.91 Å². The predicted molar refractivity (Wildman–Crippen MR) is 84.3 cm³/mol. The Balaban J connectivity index is 1.81. The Morgan fingerprint density at radius 2 is 1.59 bits per heavy atom. The van der Waals surface area contributed by atoms with E-state index >= 15 is 0 Å². The molecule has 0 saturated carbocycles. The summed E-state index contributed by atoms with van der Waals surface area (Å²) in [6, 6.07) is -0.432. The Labute approximate surface area is 132 Å². The molecule has 2 rings (SSSR count). The van der Waals surface area contributed by atoms with Gasteiger partial charge in [0.05, 0.1) is 6.04 Å². The monoisotopic (exact) mass is 311 g/mol. The van der Waals surface area contributed by atoms with Crippen LogP contribution < -0.4 is 5.73 Å². The smallest absolute Gasteiger partial charge is 0.410 e. The van der Waals surface area contributed by atoms with Crippen LogP contribution in [0.5, 0.6) is 0 Å². The second-order valence-corrected chi connectivity index (χ2v) is 7.36. The minimum absolute atomic E-state index is 0.0771. The Morgan fingerprint density at radius 3 is 2.09 bits per heavy atom. The summed E-state index contributed by atoms with van der Waals surface area (Å²) in [6.45, 7) is 8.49. The van der Waals surface area contributed by atoms with E-state index in [9.17, 15) is 9.59 Å². The summed E-state index contributed by atoms with van der Waals surface area (Å²) >= 11 is 0. The van der Waals surface area contributed by atoms with Gasteiger partial charge < -0.3 is 20.3 Å². The molecule has 2 amide bonds. The normalized spacial score (nSPS) is 21.8. The summed E-state index contributed by atoms with van der Waals surface area (Å²) in [7, 11) is 0.